The van der Waals surface area contributed by atoms with Gasteiger partial charge in [0.05, 0.1) is 17.2 Å². The lowest BCUT2D eigenvalue weighted by Gasteiger charge is -2.18. The minimum absolute atomic E-state index is 0.0784. The van der Waals surface area contributed by atoms with E-state index in [0.29, 0.717) is 22.7 Å². The molecule has 0 fully saturated rings. The number of hydrogen-bond acceptors (Lipinski definition) is 4. The van der Waals surface area contributed by atoms with E-state index in [1.807, 2.05) is 27.7 Å². The van der Waals surface area contributed by atoms with Gasteiger partial charge in [-0.3, -0.25) is 9.59 Å². The first-order valence-corrected chi connectivity index (χ1v) is 8.91. The third-order valence-corrected chi connectivity index (χ3v) is 4.18. The van der Waals surface area contributed by atoms with Crippen molar-refractivity contribution in [2.24, 2.45) is 5.41 Å². The van der Waals surface area contributed by atoms with Crippen LogP contribution < -0.4 is 20.1 Å². The zero-order valence-electron chi connectivity index (χ0n) is 16.0. The van der Waals surface area contributed by atoms with Crippen molar-refractivity contribution < 1.29 is 19.1 Å². The summed E-state index contributed by atoms with van der Waals surface area (Å²) in [6.07, 6.45) is 0.0784. The second-order valence-electron chi connectivity index (χ2n) is 7.48. The van der Waals surface area contributed by atoms with Gasteiger partial charge in [0.25, 0.3) is 5.91 Å². The van der Waals surface area contributed by atoms with Gasteiger partial charge in [-0.05, 0) is 64.1 Å². The van der Waals surface area contributed by atoms with Gasteiger partial charge in [-0.25, -0.2) is 0 Å². The first-order valence-electron chi connectivity index (χ1n) is 8.91. The summed E-state index contributed by atoms with van der Waals surface area (Å²) in [7, 11) is 0. The number of carbonyl (C=O) groups excluding carboxylic acids is 2. The zero-order valence-corrected chi connectivity index (χ0v) is 16.0. The van der Waals surface area contributed by atoms with Crippen LogP contribution in [0.3, 0.4) is 0 Å². The lowest BCUT2D eigenvalue weighted by atomic mass is 9.94. The summed E-state index contributed by atoms with van der Waals surface area (Å²) < 4.78 is 11.3. The first-order chi connectivity index (χ1) is 12.7. The van der Waals surface area contributed by atoms with Crippen molar-refractivity contribution in [2.75, 3.05) is 17.2 Å². The van der Waals surface area contributed by atoms with E-state index in [0.717, 1.165) is 5.75 Å². The minimum atomic E-state index is -0.623. The lowest BCUT2D eigenvalue weighted by molar-refractivity contribution is -0.124. The molecule has 1 aliphatic rings. The molecular formula is C21H24N2O4. The third kappa shape index (κ3) is 4.39. The molecule has 6 heteroatoms. The van der Waals surface area contributed by atoms with Gasteiger partial charge in [0.2, 0.25) is 5.91 Å². The van der Waals surface area contributed by atoms with Crippen molar-refractivity contribution in [3.63, 3.8) is 0 Å². The number of fused-ring (bicyclic) bond motifs is 1. The Morgan fingerprint density at radius 3 is 2.56 bits per heavy atom. The number of hydrogen-bond donors (Lipinski definition) is 2. The van der Waals surface area contributed by atoms with Gasteiger partial charge in [0, 0.05) is 17.3 Å². The van der Waals surface area contributed by atoms with Gasteiger partial charge in [0.15, 0.2) is 0 Å². The summed E-state index contributed by atoms with van der Waals surface area (Å²) in [5.41, 5.74) is 1.09. The number of ether oxygens (including phenoxy) is 2. The molecule has 2 N–H and O–H groups in total. The average molecular weight is 368 g/mol. The zero-order chi connectivity index (χ0) is 19.6. The van der Waals surface area contributed by atoms with Crippen molar-refractivity contribution in [1.29, 1.82) is 0 Å². The van der Waals surface area contributed by atoms with Gasteiger partial charge in [-0.15, -0.1) is 0 Å². The summed E-state index contributed by atoms with van der Waals surface area (Å²) in [6.45, 7) is 7.81. The quantitative estimate of drug-likeness (QED) is 0.852. The molecule has 0 atom stereocenters. The number of carbonyl (C=O) groups is 2. The van der Waals surface area contributed by atoms with Crippen LogP contribution in [-0.2, 0) is 4.79 Å². The summed E-state index contributed by atoms with van der Waals surface area (Å²) in [5, 5.41) is 5.70. The fourth-order valence-electron chi connectivity index (χ4n) is 2.60. The molecule has 2 amide bonds. The number of anilines is 2. The average Bonchev–Trinajstić information content (AvgIpc) is 2.72. The molecule has 2 aromatic carbocycles. The van der Waals surface area contributed by atoms with Gasteiger partial charge in [-0.1, -0.05) is 0 Å². The van der Waals surface area contributed by atoms with E-state index in [-0.39, 0.29) is 24.5 Å². The summed E-state index contributed by atoms with van der Waals surface area (Å²) in [6, 6.07) is 12.1. The van der Waals surface area contributed by atoms with E-state index in [9.17, 15) is 9.59 Å². The molecular weight excluding hydrogens is 344 g/mol. The van der Waals surface area contributed by atoms with Gasteiger partial charge >= 0.3 is 0 Å². The van der Waals surface area contributed by atoms with E-state index < -0.39 is 5.41 Å². The fourth-order valence-corrected chi connectivity index (χ4v) is 2.60. The number of amides is 2. The second kappa shape index (κ2) is 7.31. The van der Waals surface area contributed by atoms with Crippen LogP contribution in [0.15, 0.2) is 42.5 Å². The molecule has 6 nitrogen and oxygen atoms in total. The van der Waals surface area contributed by atoms with Crippen LogP contribution in [0.25, 0.3) is 0 Å². The van der Waals surface area contributed by atoms with Crippen LogP contribution in [0.1, 0.15) is 38.1 Å². The van der Waals surface area contributed by atoms with E-state index in [1.165, 1.54) is 0 Å². The topological polar surface area (TPSA) is 76.7 Å². The molecule has 27 heavy (non-hydrogen) atoms. The number of rotatable bonds is 4. The molecule has 0 spiro atoms. The molecule has 0 radical (unpaired) electrons. The van der Waals surface area contributed by atoms with Gasteiger partial charge in [-0.2, -0.15) is 0 Å². The van der Waals surface area contributed by atoms with Gasteiger partial charge < -0.3 is 20.1 Å². The maximum Gasteiger partial charge on any atom is 0.255 e. The number of nitrogens with one attached hydrogen (secondary N) is 2. The maximum absolute atomic E-state index is 12.5. The Balaban J connectivity index is 1.72. The highest BCUT2D eigenvalue weighted by molar-refractivity contribution is 6.05. The molecule has 1 aliphatic heterocycles. The van der Waals surface area contributed by atoms with Crippen LogP contribution in [-0.4, -0.2) is 24.5 Å². The van der Waals surface area contributed by atoms with Crippen LogP contribution in [0.2, 0.25) is 0 Å². The van der Waals surface area contributed by atoms with Crippen molar-refractivity contribution in [2.45, 2.75) is 33.8 Å². The van der Waals surface area contributed by atoms with Crippen LogP contribution >= 0.6 is 0 Å². The highest BCUT2D eigenvalue weighted by Crippen LogP contribution is 2.34. The highest BCUT2D eigenvalue weighted by atomic mass is 16.5. The highest BCUT2D eigenvalue weighted by Gasteiger charge is 2.32. The predicted molar refractivity (Wildman–Crippen MR) is 105 cm³/mol. The smallest absolute Gasteiger partial charge is 0.255 e. The molecule has 1 heterocycles. The summed E-state index contributed by atoms with van der Waals surface area (Å²) >= 11 is 0. The van der Waals surface area contributed by atoms with Crippen molar-refractivity contribution in [1.82, 2.24) is 0 Å². The Bertz CT molecular complexity index is 857. The second-order valence-corrected chi connectivity index (χ2v) is 7.48. The molecule has 0 bridgehead atoms. The van der Waals surface area contributed by atoms with E-state index in [2.05, 4.69) is 10.6 Å². The maximum atomic E-state index is 12.5. The Morgan fingerprint density at radius 2 is 1.89 bits per heavy atom. The van der Waals surface area contributed by atoms with Crippen molar-refractivity contribution >= 4 is 23.2 Å². The van der Waals surface area contributed by atoms with Gasteiger partial charge in [0.1, 0.15) is 18.1 Å². The van der Waals surface area contributed by atoms with Crippen molar-refractivity contribution in [3.8, 4) is 11.5 Å². The molecule has 0 unspecified atom stereocenters. The molecule has 0 aliphatic carbocycles. The summed E-state index contributed by atoms with van der Waals surface area (Å²) in [4.78, 5) is 24.6. The molecule has 2 aromatic rings. The lowest BCUT2D eigenvalue weighted by Crippen LogP contribution is -2.33. The molecule has 3 rings (SSSR count). The monoisotopic (exact) mass is 368 g/mol. The molecule has 142 valence electrons. The molecule has 0 aromatic heterocycles. The first kappa shape index (κ1) is 18.8. The Kier molecular flexibility index (Phi) is 5.08. The fraction of sp³-hybridized carbons (Fsp3) is 0.333. The molecule has 0 saturated heterocycles. The van der Waals surface area contributed by atoms with Crippen LogP contribution in [0, 0.1) is 5.41 Å². The summed E-state index contributed by atoms with van der Waals surface area (Å²) in [5.74, 6) is 0.927. The largest absolute Gasteiger partial charge is 0.491 e. The molecule has 0 saturated carbocycles. The SMILES string of the molecule is CC(C)Oc1ccc(C(=O)Nc2ccc3c(c2)OCC(C)(C)C(=O)N3)cc1. The Labute approximate surface area is 158 Å². The van der Waals surface area contributed by atoms with Crippen LogP contribution in [0.4, 0.5) is 11.4 Å². The normalized spacial score (nSPS) is 15.2. The van der Waals surface area contributed by atoms with Crippen molar-refractivity contribution in [3.05, 3.63) is 48.0 Å². The predicted octanol–water partition coefficient (Wildman–Crippen LogP) is 4.08. The standard InChI is InChI=1S/C21H24N2O4/c1-13(2)27-16-8-5-14(6-9-16)19(24)22-15-7-10-17-18(11-15)26-12-21(3,4)20(25)23-17/h5-11,13H,12H2,1-4H3,(H,22,24)(H,23,25). The van der Waals surface area contributed by atoms with E-state index in [4.69, 9.17) is 9.47 Å². The Hall–Kier alpha value is -3.02. The van der Waals surface area contributed by atoms with E-state index in [1.54, 1.807) is 42.5 Å². The third-order valence-electron chi connectivity index (χ3n) is 4.18. The number of benzene rings is 2. The Morgan fingerprint density at radius 1 is 1.19 bits per heavy atom. The minimum Gasteiger partial charge on any atom is -0.491 e. The van der Waals surface area contributed by atoms with Crippen LogP contribution in [0.5, 0.6) is 11.5 Å². The van der Waals surface area contributed by atoms with E-state index >= 15 is 0 Å².